The van der Waals surface area contributed by atoms with E-state index in [1.165, 1.54) is 6.21 Å². The van der Waals surface area contributed by atoms with Gasteiger partial charge in [-0.25, -0.2) is 12.4 Å². The number of carbonyl (C=O) groups is 1. The molecule has 0 aliphatic carbocycles. The molecule has 1 atom stereocenters. The molecular weight excluding hydrogens is 445 g/mol. The van der Waals surface area contributed by atoms with Crippen molar-refractivity contribution in [2.45, 2.75) is 30.3 Å². The Morgan fingerprint density at radius 2 is 1.84 bits per heavy atom. The molecule has 0 amide bonds. The number of hydrogen-bond donors (Lipinski definition) is 0. The zero-order valence-corrected chi connectivity index (χ0v) is 17.8. The molecule has 10 heteroatoms. The summed E-state index contributed by atoms with van der Waals surface area (Å²) in [6, 6.07) is 10.1. The number of ether oxygens (including phenoxy) is 1. The van der Waals surface area contributed by atoms with Crippen molar-refractivity contribution >= 4 is 33.1 Å². The monoisotopic (exact) mass is 464 g/mol. The van der Waals surface area contributed by atoms with Crippen molar-refractivity contribution in [3.63, 3.8) is 0 Å². The minimum atomic E-state index is -4.59. The molecule has 0 fully saturated rings. The number of hydrogen-bond acceptors (Lipinski definition) is 5. The van der Waals surface area contributed by atoms with Gasteiger partial charge in [0.15, 0.2) is 0 Å². The van der Waals surface area contributed by atoms with Crippen molar-refractivity contribution in [2.75, 3.05) is 13.2 Å². The summed E-state index contributed by atoms with van der Waals surface area (Å²) in [6.45, 7) is 2.10. The number of benzene rings is 2. The Labute approximate surface area is 182 Å². The zero-order chi connectivity index (χ0) is 23.1. The number of rotatable bonds is 4. The van der Waals surface area contributed by atoms with Crippen molar-refractivity contribution in [1.82, 2.24) is 3.97 Å². The lowest BCUT2D eigenvalue weighted by Crippen LogP contribution is -2.24. The van der Waals surface area contributed by atoms with Gasteiger partial charge in [-0.15, -0.1) is 0 Å². The normalized spacial score (nSPS) is 16.6. The maximum atomic E-state index is 13.7. The van der Waals surface area contributed by atoms with Crippen molar-refractivity contribution in [3.05, 3.63) is 65.4 Å². The maximum absolute atomic E-state index is 13.7. The molecule has 1 aromatic heterocycles. The summed E-state index contributed by atoms with van der Waals surface area (Å²) in [5, 5.41) is 0.637. The number of para-hydroxylation sites is 1. The highest BCUT2D eigenvalue weighted by molar-refractivity contribution is 7.90. The van der Waals surface area contributed by atoms with Crippen LogP contribution in [0.5, 0.6) is 0 Å². The summed E-state index contributed by atoms with van der Waals surface area (Å²) in [6.07, 6.45) is -2.82. The molecule has 0 N–H and O–H groups in total. The van der Waals surface area contributed by atoms with Crippen molar-refractivity contribution in [3.8, 4) is 0 Å². The molecule has 0 radical (unpaired) electrons. The standard InChI is InChI=1S/C22H19F3N2O4S/c1-2-31-21(28)18-13-26-12-11-17-16-5-3-4-6-19(16)27(20(17)18)32(29,30)15-9-7-14(8-10-15)22(23,24)25/h3-10,13,18H,2,11-12H2,1H3. The largest absolute Gasteiger partial charge is 0.465 e. The summed E-state index contributed by atoms with van der Waals surface area (Å²) in [5.41, 5.74) is 0.226. The molecule has 0 saturated carbocycles. The number of halogens is 3. The van der Waals surface area contributed by atoms with E-state index in [0.717, 1.165) is 28.2 Å². The molecule has 2 heterocycles. The Morgan fingerprint density at radius 1 is 1.16 bits per heavy atom. The predicted octanol–water partition coefficient (Wildman–Crippen LogP) is 4.17. The third-order valence-corrected chi connectivity index (χ3v) is 7.02. The lowest BCUT2D eigenvalue weighted by Gasteiger charge is -2.17. The molecule has 1 unspecified atom stereocenters. The van der Waals surface area contributed by atoms with Gasteiger partial charge in [-0.1, -0.05) is 18.2 Å². The van der Waals surface area contributed by atoms with Crippen LogP contribution in [-0.2, 0) is 32.2 Å². The van der Waals surface area contributed by atoms with E-state index in [1.54, 1.807) is 31.2 Å². The number of carbonyl (C=O) groups excluding carboxylic acids is 1. The van der Waals surface area contributed by atoms with Crippen LogP contribution in [-0.4, -0.2) is 37.7 Å². The van der Waals surface area contributed by atoms with E-state index >= 15 is 0 Å². The van der Waals surface area contributed by atoms with Crippen LogP contribution >= 0.6 is 0 Å². The first-order valence-corrected chi connectivity index (χ1v) is 11.3. The number of nitrogens with zero attached hydrogens (tertiary/aromatic N) is 2. The minimum absolute atomic E-state index is 0.102. The molecule has 0 spiro atoms. The molecule has 32 heavy (non-hydrogen) atoms. The lowest BCUT2D eigenvalue weighted by molar-refractivity contribution is -0.143. The van der Waals surface area contributed by atoms with Gasteiger partial charge in [0.05, 0.1) is 28.3 Å². The van der Waals surface area contributed by atoms with E-state index in [2.05, 4.69) is 4.99 Å². The Hall–Kier alpha value is -3.14. The van der Waals surface area contributed by atoms with Crippen molar-refractivity contribution in [2.24, 2.45) is 4.99 Å². The van der Waals surface area contributed by atoms with Crippen molar-refractivity contribution in [1.29, 1.82) is 0 Å². The topological polar surface area (TPSA) is 77.7 Å². The zero-order valence-electron chi connectivity index (χ0n) is 17.0. The van der Waals surface area contributed by atoms with Gasteiger partial charge in [0.1, 0.15) is 5.92 Å². The Bertz CT molecular complexity index is 1310. The lowest BCUT2D eigenvalue weighted by atomic mass is 10.0. The van der Waals surface area contributed by atoms with Gasteiger partial charge in [0.25, 0.3) is 10.0 Å². The fourth-order valence-electron chi connectivity index (χ4n) is 3.88. The highest BCUT2D eigenvalue weighted by atomic mass is 32.2. The first-order valence-electron chi connectivity index (χ1n) is 9.88. The van der Waals surface area contributed by atoms with Crippen LogP contribution in [0.2, 0.25) is 0 Å². The summed E-state index contributed by atoms with van der Waals surface area (Å²) in [7, 11) is -4.34. The van der Waals surface area contributed by atoms with Gasteiger partial charge < -0.3 is 4.74 Å². The van der Waals surface area contributed by atoms with Gasteiger partial charge in [0.2, 0.25) is 0 Å². The molecule has 1 aliphatic rings. The fraction of sp³-hybridized carbons (Fsp3) is 0.273. The molecular formula is C22H19F3N2O4S. The quantitative estimate of drug-likeness (QED) is 0.543. The van der Waals surface area contributed by atoms with E-state index in [4.69, 9.17) is 4.74 Å². The van der Waals surface area contributed by atoms with Crippen LogP contribution < -0.4 is 0 Å². The molecule has 1 aliphatic heterocycles. The van der Waals surface area contributed by atoms with Crippen LogP contribution in [0.3, 0.4) is 0 Å². The van der Waals surface area contributed by atoms with E-state index in [1.807, 2.05) is 0 Å². The summed E-state index contributed by atoms with van der Waals surface area (Å²) >= 11 is 0. The summed E-state index contributed by atoms with van der Waals surface area (Å²) in [4.78, 5) is 16.6. The third-order valence-electron chi connectivity index (χ3n) is 5.28. The predicted molar refractivity (Wildman–Crippen MR) is 112 cm³/mol. The third kappa shape index (κ3) is 3.68. The molecule has 168 valence electrons. The fourth-order valence-corrected chi connectivity index (χ4v) is 5.48. The summed E-state index contributed by atoms with van der Waals surface area (Å²) < 4.78 is 72.4. The first-order chi connectivity index (χ1) is 15.2. The second kappa shape index (κ2) is 8.09. The van der Waals surface area contributed by atoms with E-state index in [0.29, 0.717) is 29.4 Å². The van der Waals surface area contributed by atoms with E-state index in [9.17, 15) is 26.4 Å². The van der Waals surface area contributed by atoms with Crippen LogP contribution in [0.25, 0.3) is 10.9 Å². The van der Waals surface area contributed by atoms with Crippen LogP contribution in [0.4, 0.5) is 13.2 Å². The van der Waals surface area contributed by atoms with Gasteiger partial charge >= 0.3 is 12.1 Å². The molecule has 0 saturated heterocycles. The smallest absolute Gasteiger partial charge is 0.416 e. The minimum Gasteiger partial charge on any atom is -0.465 e. The number of fused-ring (bicyclic) bond motifs is 3. The Kier molecular flexibility index (Phi) is 5.58. The molecule has 4 rings (SSSR count). The highest BCUT2D eigenvalue weighted by Crippen LogP contribution is 2.37. The number of esters is 1. The molecule has 6 nitrogen and oxygen atoms in total. The van der Waals surface area contributed by atoms with Crippen LogP contribution in [0.15, 0.2) is 58.4 Å². The van der Waals surface area contributed by atoms with Gasteiger partial charge in [-0.05, 0) is 49.2 Å². The van der Waals surface area contributed by atoms with Gasteiger partial charge in [-0.2, -0.15) is 13.2 Å². The summed E-state index contributed by atoms with van der Waals surface area (Å²) in [5.74, 6) is -1.71. The average Bonchev–Trinajstić information content (AvgIpc) is 2.92. The van der Waals surface area contributed by atoms with Crippen LogP contribution in [0.1, 0.15) is 29.7 Å². The first kappa shape index (κ1) is 22.1. The Morgan fingerprint density at radius 3 is 2.50 bits per heavy atom. The van der Waals surface area contributed by atoms with Crippen molar-refractivity contribution < 1.29 is 31.1 Å². The van der Waals surface area contributed by atoms with E-state index in [-0.39, 0.29) is 17.2 Å². The molecule has 2 aromatic carbocycles. The number of alkyl halides is 3. The average molecular weight is 464 g/mol. The number of aromatic nitrogens is 1. The molecule has 3 aromatic rings. The second-order valence-corrected chi connectivity index (χ2v) is 8.99. The molecule has 0 bridgehead atoms. The number of aliphatic imine (C=N–C) groups is 1. The van der Waals surface area contributed by atoms with Crippen LogP contribution in [0, 0.1) is 0 Å². The van der Waals surface area contributed by atoms with E-state index < -0.39 is 33.7 Å². The Balaban J connectivity index is 1.98. The van der Waals surface area contributed by atoms with Gasteiger partial charge in [-0.3, -0.25) is 9.79 Å². The SMILES string of the molecule is CCOC(=O)C1C=NCCc2c1n(S(=O)(=O)c1ccc(C(F)(F)F)cc1)c1ccccc21. The van der Waals surface area contributed by atoms with Gasteiger partial charge in [0, 0.05) is 18.1 Å². The highest BCUT2D eigenvalue weighted by Gasteiger charge is 2.36. The maximum Gasteiger partial charge on any atom is 0.416 e. The second-order valence-electron chi connectivity index (χ2n) is 7.21.